The molecule has 0 spiro atoms. The summed E-state index contributed by atoms with van der Waals surface area (Å²) in [6, 6.07) is 10.3. The summed E-state index contributed by atoms with van der Waals surface area (Å²) in [6.45, 7) is 5.79. The molecule has 6 heteroatoms. The summed E-state index contributed by atoms with van der Waals surface area (Å²) in [4.78, 5) is 16.1. The number of carbonyl (C=O) groups excluding carboxylic acids is 1. The topological polar surface area (TPSA) is 61.6 Å². The van der Waals surface area contributed by atoms with Crippen LogP contribution >= 0.6 is 0 Å². The van der Waals surface area contributed by atoms with E-state index >= 15 is 0 Å². The second kappa shape index (κ2) is 7.49. The van der Waals surface area contributed by atoms with E-state index < -0.39 is 0 Å². The summed E-state index contributed by atoms with van der Waals surface area (Å²) < 4.78 is 5.02. The quantitative estimate of drug-likeness (QED) is 0.914. The van der Waals surface area contributed by atoms with Gasteiger partial charge in [0.2, 0.25) is 0 Å². The lowest BCUT2D eigenvalue weighted by Crippen LogP contribution is -2.42. The Bertz CT molecular complexity index is 698. The number of amides is 2. The minimum Gasteiger partial charge on any atom is -0.361 e. The number of hydrogen-bond donors (Lipinski definition) is 1. The maximum absolute atomic E-state index is 12.1. The number of nitrogens with zero attached hydrogens (tertiary/aromatic N) is 3. The van der Waals surface area contributed by atoms with E-state index in [0.717, 1.165) is 37.5 Å². The molecule has 1 N–H and O–H groups in total. The van der Waals surface area contributed by atoms with Gasteiger partial charge in [0.1, 0.15) is 11.5 Å². The summed E-state index contributed by atoms with van der Waals surface area (Å²) in [5.74, 6) is 0.754. The van der Waals surface area contributed by atoms with Gasteiger partial charge in [-0.15, -0.1) is 0 Å². The van der Waals surface area contributed by atoms with Crippen LogP contribution in [0, 0.1) is 6.92 Å². The number of benzene rings is 1. The molecule has 2 aromatic rings. The van der Waals surface area contributed by atoms with Crippen LogP contribution in [0.4, 0.5) is 4.79 Å². The van der Waals surface area contributed by atoms with Crippen molar-refractivity contribution in [3.8, 4) is 0 Å². The Hall–Kier alpha value is -2.34. The van der Waals surface area contributed by atoms with E-state index in [-0.39, 0.29) is 6.03 Å². The molecule has 0 unspecified atom stereocenters. The molecular formula is C18H24N4O2. The van der Waals surface area contributed by atoms with Crippen LogP contribution in [0.15, 0.2) is 34.9 Å². The maximum atomic E-state index is 12.1. The number of fused-ring (bicyclic) bond motifs is 1. The summed E-state index contributed by atoms with van der Waals surface area (Å²) in [5.41, 5.74) is 3.60. The molecule has 0 saturated heterocycles. The number of rotatable bonds is 5. The fourth-order valence-electron chi connectivity index (χ4n) is 3.01. The average Bonchev–Trinajstić information content (AvgIpc) is 2.99. The fraction of sp³-hybridized carbons (Fsp3) is 0.444. The van der Waals surface area contributed by atoms with E-state index in [9.17, 15) is 4.79 Å². The standard InChI is InChI=1S/C18H24N4O2/c1-14-11-17(20-24-14)13-21(2)18(23)19-8-10-22-9-7-15-5-3-4-6-16(15)12-22/h3-6,11H,7-10,12-13H2,1-2H3,(H,19,23). The van der Waals surface area contributed by atoms with Crippen molar-refractivity contribution in [2.75, 3.05) is 26.7 Å². The minimum atomic E-state index is -0.0898. The van der Waals surface area contributed by atoms with Crippen LogP contribution in [0.3, 0.4) is 0 Å². The van der Waals surface area contributed by atoms with Gasteiger partial charge in [0.25, 0.3) is 0 Å². The molecule has 0 bridgehead atoms. The lowest BCUT2D eigenvalue weighted by atomic mass is 10.00. The van der Waals surface area contributed by atoms with Crippen LogP contribution in [-0.2, 0) is 19.5 Å². The van der Waals surface area contributed by atoms with Crippen molar-refractivity contribution in [2.24, 2.45) is 0 Å². The van der Waals surface area contributed by atoms with E-state index in [1.54, 1.807) is 11.9 Å². The van der Waals surface area contributed by atoms with Crippen molar-refractivity contribution in [2.45, 2.75) is 26.4 Å². The molecule has 1 aliphatic heterocycles. The van der Waals surface area contributed by atoms with Gasteiger partial charge >= 0.3 is 6.03 Å². The average molecular weight is 328 g/mol. The Kier molecular flexibility index (Phi) is 5.15. The molecule has 2 amide bonds. The summed E-state index contributed by atoms with van der Waals surface area (Å²) in [7, 11) is 1.76. The van der Waals surface area contributed by atoms with Crippen molar-refractivity contribution in [3.05, 3.63) is 52.9 Å². The Morgan fingerprint density at radius 1 is 1.38 bits per heavy atom. The molecule has 1 aliphatic rings. The Balaban J connectivity index is 1.41. The Morgan fingerprint density at radius 2 is 2.17 bits per heavy atom. The molecule has 0 atom stereocenters. The van der Waals surface area contributed by atoms with Gasteiger partial charge in [-0.1, -0.05) is 29.4 Å². The first kappa shape index (κ1) is 16.5. The molecule has 0 fully saturated rings. The Labute approximate surface area is 142 Å². The zero-order valence-electron chi connectivity index (χ0n) is 14.3. The van der Waals surface area contributed by atoms with Crippen LogP contribution in [-0.4, -0.2) is 47.7 Å². The molecule has 1 aromatic carbocycles. The van der Waals surface area contributed by atoms with Gasteiger partial charge in [-0.05, 0) is 24.5 Å². The molecule has 3 rings (SSSR count). The van der Waals surface area contributed by atoms with Gasteiger partial charge < -0.3 is 14.7 Å². The first-order valence-corrected chi connectivity index (χ1v) is 8.32. The molecule has 1 aromatic heterocycles. The van der Waals surface area contributed by atoms with Crippen molar-refractivity contribution in [1.29, 1.82) is 0 Å². The zero-order valence-corrected chi connectivity index (χ0v) is 14.3. The van der Waals surface area contributed by atoms with Crippen molar-refractivity contribution < 1.29 is 9.32 Å². The number of hydrogen-bond acceptors (Lipinski definition) is 4. The molecule has 0 radical (unpaired) electrons. The molecule has 6 nitrogen and oxygen atoms in total. The fourth-order valence-corrected chi connectivity index (χ4v) is 3.01. The van der Waals surface area contributed by atoms with E-state index in [1.165, 1.54) is 11.1 Å². The highest BCUT2D eigenvalue weighted by Gasteiger charge is 2.16. The second-order valence-electron chi connectivity index (χ2n) is 6.31. The third-order valence-electron chi connectivity index (χ3n) is 4.34. The number of aromatic nitrogens is 1. The molecule has 0 saturated carbocycles. The number of carbonyl (C=O) groups is 1. The highest BCUT2D eigenvalue weighted by Crippen LogP contribution is 2.17. The zero-order chi connectivity index (χ0) is 16.9. The molecule has 0 aliphatic carbocycles. The van der Waals surface area contributed by atoms with Gasteiger partial charge in [-0.2, -0.15) is 0 Å². The van der Waals surface area contributed by atoms with Crippen LogP contribution < -0.4 is 5.32 Å². The SMILES string of the molecule is Cc1cc(CN(C)C(=O)NCCN2CCc3ccccc3C2)no1. The van der Waals surface area contributed by atoms with Crippen molar-refractivity contribution >= 4 is 6.03 Å². The summed E-state index contributed by atoms with van der Waals surface area (Å²) in [6.07, 6.45) is 1.08. The number of nitrogens with one attached hydrogen (secondary N) is 1. The number of aryl methyl sites for hydroxylation is 1. The van der Waals surface area contributed by atoms with Gasteiger partial charge in [0.05, 0.1) is 6.54 Å². The van der Waals surface area contributed by atoms with Crippen molar-refractivity contribution in [1.82, 2.24) is 20.3 Å². The van der Waals surface area contributed by atoms with E-state index in [0.29, 0.717) is 13.1 Å². The monoisotopic (exact) mass is 328 g/mol. The Morgan fingerprint density at radius 3 is 2.92 bits per heavy atom. The second-order valence-corrected chi connectivity index (χ2v) is 6.31. The summed E-state index contributed by atoms with van der Waals surface area (Å²) >= 11 is 0. The summed E-state index contributed by atoms with van der Waals surface area (Å²) in [5, 5.41) is 6.88. The van der Waals surface area contributed by atoms with Gasteiger partial charge in [0.15, 0.2) is 0 Å². The van der Waals surface area contributed by atoms with Gasteiger partial charge in [-0.25, -0.2) is 4.79 Å². The lowest BCUT2D eigenvalue weighted by molar-refractivity contribution is 0.200. The van der Waals surface area contributed by atoms with E-state index in [4.69, 9.17) is 4.52 Å². The van der Waals surface area contributed by atoms with E-state index in [1.807, 2.05) is 13.0 Å². The van der Waals surface area contributed by atoms with Crippen LogP contribution in [0.5, 0.6) is 0 Å². The van der Waals surface area contributed by atoms with Crippen LogP contribution in [0.2, 0.25) is 0 Å². The normalized spacial score (nSPS) is 14.2. The smallest absolute Gasteiger partial charge is 0.317 e. The van der Waals surface area contributed by atoms with Gasteiger partial charge in [-0.3, -0.25) is 4.90 Å². The molecule has 2 heterocycles. The van der Waals surface area contributed by atoms with Gasteiger partial charge in [0, 0.05) is 39.3 Å². The molecule has 24 heavy (non-hydrogen) atoms. The minimum absolute atomic E-state index is 0.0898. The van der Waals surface area contributed by atoms with Crippen LogP contribution in [0.1, 0.15) is 22.6 Å². The highest BCUT2D eigenvalue weighted by molar-refractivity contribution is 5.73. The highest BCUT2D eigenvalue weighted by atomic mass is 16.5. The third-order valence-corrected chi connectivity index (χ3v) is 4.34. The van der Waals surface area contributed by atoms with Crippen molar-refractivity contribution in [3.63, 3.8) is 0 Å². The molecular weight excluding hydrogens is 304 g/mol. The van der Waals surface area contributed by atoms with E-state index in [2.05, 4.69) is 39.6 Å². The van der Waals surface area contributed by atoms with Crippen LogP contribution in [0.25, 0.3) is 0 Å². The first-order chi connectivity index (χ1) is 11.6. The maximum Gasteiger partial charge on any atom is 0.317 e. The first-order valence-electron chi connectivity index (χ1n) is 8.32. The molecule has 128 valence electrons. The third kappa shape index (κ3) is 4.14. The lowest BCUT2D eigenvalue weighted by Gasteiger charge is -2.29. The predicted octanol–water partition coefficient (Wildman–Crippen LogP) is 2.18. The number of urea groups is 1. The predicted molar refractivity (Wildman–Crippen MR) is 91.5 cm³/mol. The largest absolute Gasteiger partial charge is 0.361 e.